The molecule has 0 aliphatic heterocycles. The van der Waals surface area contributed by atoms with Gasteiger partial charge in [-0.15, -0.1) is 0 Å². The predicted molar refractivity (Wildman–Crippen MR) is 70.0 cm³/mol. The van der Waals surface area contributed by atoms with Crippen LogP contribution in [-0.2, 0) is 0 Å². The quantitative estimate of drug-likeness (QED) is 0.869. The number of ether oxygens (including phenoxy) is 1. The highest BCUT2D eigenvalue weighted by Crippen LogP contribution is 2.29. The molecule has 0 aliphatic carbocycles. The summed E-state index contributed by atoms with van der Waals surface area (Å²) >= 11 is 0. The Hall–Kier alpha value is -1.13. The van der Waals surface area contributed by atoms with Gasteiger partial charge in [-0.2, -0.15) is 0 Å². The summed E-state index contributed by atoms with van der Waals surface area (Å²) in [6.45, 7) is 5.98. The summed E-state index contributed by atoms with van der Waals surface area (Å²) in [5.74, 6) is -0.0356. The molecule has 0 fully saturated rings. The molecule has 3 N–H and O–H groups in total. The summed E-state index contributed by atoms with van der Waals surface area (Å²) in [6.07, 6.45) is -0.572. The van der Waals surface area contributed by atoms with E-state index in [2.05, 4.69) is 0 Å². The first-order chi connectivity index (χ1) is 8.25. The SMILES string of the molecule is COc1ccc([C@@H](O)C[C@@H](N)C(C)(C)C)c(F)c1. The molecular formula is C14H22FNO2. The summed E-state index contributed by atoms with van der Waals surface area (Å²) in [7, 11) is 1.47. The molecule has 0 radical (unpaired) electrons. The Kier molecular flexibility index (Phi) is 4.71. The molecule has 1 rings (SSSR count). The molecule has 2 atom stereocenters. The Morgan fingerprint density at radius 1 is 1.39 bits per heavy atom. The minimum Gasteiger partial charge on any atom is -0.497 e. The number of hydrogen-bond donors (Lipinski definition) is 2. The second kappa shape index (κ2) is 5.67. The van der Waals surface area contributed by atoms with Crippen molar-refractivity contribution in [2.75, 3.05) is 7.11 Å². The maximum atomic E-state index is 13.8. The molecule has 0 spiro atoms. The minimum absolute atomic E-state index is 0.121. The number of aliphatic hydroxyl groups is 1. The molecule has 18 heavy (non-hydrogen) atoms. The van der Waals surface area contributed by atoms with E-state index in [0.29, 0.717) is 12.2 Å². The zero-order valence-electron chi connectivity index (χ0n) is 11.4. The van der Waals surface area contributed by atoms with E-state index in [1.165, 1.54) is 19.2 Å². The molecule has 3 nitrogen and oxygen atoms in total. The van der Waals surface area contributed by atoms with Gasteiger partial charge >= 0.3 is 0 Å². The van der Waals surface area contributed by atoms with Crippen LogP contribution in [0, 0.1) is 11.2 Å². The number of benzene rings is 1. The zero-order chi connectivity index (χ0) is 13.9. The second-order valence-corrected chi connectivity index (χ2v) is 5.61. The summed E-state index contributed by atoms with van der Waals surface area (Å²) in [4.78, 5) is 0. The van der Waals surface area contributed by atoms with Gasteiger partial charge in [0.1, 0.15) is 11.6 Å². The van der Waals surface area contributed by atoms with E-state index >= 15 is 0 Å². The molecular weight excluding hydrogens is 233 g/mol. The van der Waals surface area contributed by atoms with E-state index in [-0.39, 0.29) is 17.0 Å². The highest BCUT2D eigenvalue weighted by Gasteiger charge is 2.25. The topological polar surface area (TPSA) is 55.5 Å². The number of nitrogens with two attached hydrogens (primary N) is 1. The Balaban J connectivity index is 2.81. The van der Waals surface area contributed by atoms with Gasteiger partial charge < -0.3 is 15.6 Å². The van der Waals surface area contributed by atoms with Crippen LogP contribution in [0.3, 0.4) is 0 Å². The summed E-state index contributed by atoms with van der Waals surface area (Å²) < 4.78 is 18.7. The number of hydrogen-bond acceptors (Lipinski definition) is 3. The third kappa shape index (κ3) is 3.68. The van der Waals surface area contributed by atoms with Gasteiger partial charge in [0.25, 0.3) is 0 Å². The van der Waals surface area contributed by atoms with Crippen molar-refractivity contribution in [1.82, 2.24) is 0 Å². The molecule has 0 heterocycles. The Bertz CT molecular complexity index is 401. The number of halogens is 1. The van der Waals surface area contributed by atoms with Crippen LogP contribution in [0.5, 0.6) is 5.75 Å². The fraction of sp³-hybridized carbons (Fsp3) is 0.571. The van der Waals surface area contributed by atoms with E-state index in [1.807, 2.05) is 20.8 Å². The van der Waals surface area contributed by atoms with Crippen molar-refractivity contribution >= 4 is 0 Å². The van der Waals surface area contributed by atoms with E-state index in [1.54, 1.807) is 6.07 Å². The van der Waals surface area contributed by atoms with Crippen molar-refractivity contribution in [3.63, 3.8) is 0 Å². The molecule has 102 valence electrons. The van der Waals surface area contributed by atoms with Gasteiger partial charge in [0.15, 0.2) is 0 Å². The van der Waals surface area contributed by atoms with Crippen molar-refractivity contribution < 1.29 is 14.2 Å². The van der Waals surface area contributed by atoms with Crippen LogP contribution in [0.1, 0.15) is 38.9 Å². The average molecular weight is 255 g/mol. The van der Waals surface area contributed by atoms with Gasteiger partial charge in [-0.1, -0.05) is 20.8 Å². The minimum atomic E-state index is -0.898. The van der Waals surface area contributed by atoms with Crippen LogP contribution >= 0.6 is 0 Å². The van der Waals surface area contributed by atoms with Crippen LogP contribution in [0.25, 0.3) is 0 Å². The van der Waals surface area contributed by atoms with Gasteiger partial charge in [-0.05, 0) is 24.0 Å². The number of rotatable bonds is 4. The molecule has 4 heteroatoms. The Labute approximate surface area is 108 Å². The molecule has 0 amide bonds. The number of methoxy groups -OCH3 is 1. The predicted octanol–water partition coefficient (Wildman–Crippen LogP) is 2.63. The third-order valence-corrected chi connectivity index (χ3v) is 3.16. The fourth-order valence-corrected chi connectivity index (χ4v) is 1.63. The lowest BCUT2D eigenvalue weighted by atomic mass is 9.83. The van der Waals surface area contributed by atoms with Crippen molar-refractivity contribution in [2.45, 2.75) is 39.3 Å². The van der Waals surface area contributed by atoms with Crippen molar-refractivity contribution in [1.29, 1.82) is 0 Å². The number of aliphatic hydroxyl groups excluding tert-OH is 1. The van der Waals surface area contributed by atoms with Crippen molar-refractivity contribution in [2.24, 2.45) is 11.1 Å². The van der Waals surface area contributed by atoms with E-state index < -0.39 is 11.9 Å². The largest absolute Gasteiger partial charge is 0.497 e. The monoisotopic (exact) mass is 255 g/mol. The molecule has 0 aromatic heterocycles. The van der Waals surface area contributed by atoms with Gasteiger partial charge in [-0.3, -0.25) is 0 Å². The lowest BCUT2D eigenvalue weighted by Gasteiger charge is -2.29. The van der Waals surface area contributed by atoms with Gasteiger partial charge in [0, 0.05) is 17.7 Å². The molecule has 0 saturated heterocycles. The molecule has 0 unspecified atom stereocenters. The molecule has 1 aromatic rings. The summed E-state index contributed by atoms with van der Waals surface area (Å²) in [5.41, 5.74) is 6.13. The lowest BCUT2D eigenvalue weighted by molar-refractivity contribution is 0.130. The van der Waals surface area contributed by atoms with Crippen LogP contribution in [0.2, 0.25) is 0 Å². The molecule has 1 aromatic carbocycles. The van der Waals surface area contributed by atoms with E-state index in [9.17, 15) is 9.50 Å². The Morgan fingerprint density at radius 3 is 2.44 bits per heavy atom. The maximum absolute atomic E-state index is 13.8. The highest BCUT2D eigenvalue weighted by atomic mass is 19.1. The summed E-state index contributed by atoms with van der Waals surface area (Å²) in [6, 6.07) is 4.23. The van der Waals surface area contributed by atoms with Gasteiger partial charge in [0.05, 0.1) is 13.2 Å². The van der Waals surface area contributed by atoms with E-state index in [4.69, 9.17) is 10.5 Å². The maximum Gasteiger partial charge on any atom is 0.132 e. The first kappa shape index (κ1) is 14.9. The Morgan fingerprint density at radius 2 is 2.00 bits per heavy atom. The van der Waals surface area contributed by atoms with Crippen LogP contribution < -0.4 is 10.5 Å². The fourth-order valence-electron chi connectivity index (χ4n) is 1.63. The zero-order valence-corrected chi connectivity index (χ0v) is 11.4. The van der Waals surface area contributed by atoms with Gasteiger partial charge in [0.2, 0.25) is 0 Å². The second-order valence-electron chi connectivity index (χ2n) is 5.61. The van der Waals surface area contributed by atoms with Crippen LogP contribution in [0.4, 0.5) is 4.39 Å². The molecule has 0 aliphatic rings. The standard InChI is InChI=1S/C14H22FNO2/c1-14(2,3)13(16)8-12(17)10-6-5-9(18-4)7-11(10)15/h5-7,12-13,17H,8,16H2,1-4H3/t12-,13+/m0/s1. The van der Waals surface area contributed by atoms with Crippen LogP contribution in [-0.4, -0.2) is 18.3 Å². The van der Waals surface area contributed by atoms with Crippen molar-refractivity contribution in [3.05, 3.63) is 29.6 Å². The van der Waals surface area contributed by atoms with Crippen LogP contribution in [0.15, 0.2) is 18.2 Å². The third-order valence-electron chi connectivity index (χ3n) is 3.16. The highest BCUT2D eigenvalue weighted by molar-refractivity contribution is 5.30. The normalized spacial score (nSPS) is 15.3. The van der Waals surface area contributed by atoms with Gasteiger partial charge in [-0.25, -0.2) is 4.39 Å². The van der Waals surface area contributed by atoms with E-state index in [0.717, 1.165) is 0 Å². The first-order valence-corrected chi connectivity index (χ1v) is 6.02. The molecule has 0 bridgehead atoms. The smallest absolute Gasteiger partial charge is 0.132 e. The first-order valence-electron chi connectivity index (χ1n) is 6.02. The molecule has 0 saturated carbocycles. The summed E-state index contributed by atoms with van der Waals surface area (Å²) in [5, 5.41) is 10.0. The van der Waals surface area contributed by atoms with Crippen molar-refractivity contribution in [3.8, 4) is 5.75 Å². The average Bonchev–Trinajstić information content (AvgIpc) is 2.27. The lowest BCUT2D eigenvalue weighted by Crippen LogP contribution is -2.36.